The first kappa shape index (κ1) is 15.4. The first-order chi connectivity index (χ1) is 9.96. The van der Waals surface area contributed by atoms with E-state index >= 15 is 0 Å². The third kappa shape index (κ3) is 3.21. The van der Waals surface area contributed by atoms with Crippen LogP contribution in [0.15, 0.2) is 35.2 Å². The molecule has 1 amide bonds. The number of sulfonamides is 1. The minimum absolute atomic E-state index is 0.0264. The van der Waals surface area contributed by atoms with Crippen LogP contribution in [0.3, 0.4) is 0 Å². The number of nitriles is 1. The largest absolute Gasteiger partial charge is 0.325 e. The van der Waals surface area contributed by atoms with Gasteiger partial charge < -0.3 is 4.90 Å². The van der Waals surface area contributed by atoms with Gasteiger partial charge in [-0.15, -0.1) is 4.41 Å². The fraction of sp³-hybridized carbons (Fsp3) is 0.385. The van der Waals surface area contributed by atoms with Crippen molar-refractivity contribution in [2.75, 3.05) is 13.1 Å². The highest BCUT2D eigenvalue weighted by Gasteiger charge is 2.31. The number of benzene rings is 1. The second kappa shape index (κ2) is 6.22. The molecule has 0 aliphatic carbocycles. The van der Waals surface area contributed by atoms with Gasteiger partial charge in [0.05, 0.1) is 11.0 Å². The molecule has 2 rings (SSSR count). The van der Waals surface area contributed by atoms with Gasteiger partial charge in [-0.05, 0) is 25.0 Å². The topological polar surface area (TPSA) is 108 Å². The van der Waals surface area contributed by atoms with Gasteiger partial charge in [0.1, 0.15) is 12.6 Å². The third-order valence-electron chi connectivity index (χ3n) is 3.36. The maximum atomic E-state index is 12.2. The van der Waals surface area contributed by atoms with Crippen molar-refractivity contribution in [1.29, 1.82) is 5.26 Å². The summed E-state index contributed by atoms with van der Waals surface area (Å²) in [7, 11) is -3.91. The number of carbonyl (C=O) groups excluding carboxylic acids is 1. The Hall–Kier alpha value is -1.95. The number of nitrogens with two attached hydrogens (primary N) is 1. The lowest BCUT2D eigenvalue weighted by molar-refractivity contribution is -0.131. The van der Waals surface area contributed by atoms with E-state index in [1.165, 1.54) is 17.0 Å². The Bertz CT molecular complexity index is 654. The van der Waals surface area contributed by atoms with Crippen molar-refractivity contribution in [3.8, 4) is 6.07 Å². The minimum Gasteiger partial charge on any atom is -0.325 e. The summed E-state index contributed by atoms with van der Waals surface area (Å²) < 4.78 is 24.9. The van der Waals surface area contributed by atoms with Crippen molar-refractivity contribution < 1.29 is 13.2 Å². The number of carbonyl (C=O) groups is 1. The van der Waals surface area contributed by atoms with Crippen molar-refractivity contribution in [2.24, 2.45) is 5.84 Å². The molecule has 0 radical (unpaired) electrons. The van der Waals surface area contributed by atoms with E-state index in [9.17, 15) is 13.2 Å². The summed E-state index contributed by atoms with van der Waals surface area (Å²) in [6.45, 7) is -0.0221. The SMILES string of the molecule is N#CC1CCCN1C(=O)CN(N)S(=O)(=O)c1ccccc1. The maximum Gasteiger partial charge on any atom is 0.256 e. The molecule has 112 valence electrons. The zero-order valence-electron chi connectivity index (χ0n) is 11.3. The van der Waals surface area contributed by atoms with E-state index in [0.717, 1.165) is 6.42 Å². The van der Waals surface area contributed by atoms with Crippen molar-refractivity contribution in [3.05, 3.63) is 30.3 Å². The van der Waals surface area contributed by atoms with Crippen molar-refractivity contribution >= 4 is 15.9 Å². The zero-order valence-corrected chi connectivity index (χ0v) is 12.2. The molecule has 1 atom stereocenters. The summed E-state index contributed by atoms with van der Waals surface area (Å²) >= 11 is 0. The molecule has 2 N–H and O–H groups in total. The number of rotatable bonds is 4. The van der Waals surface area contributed by atoms with Crippen LogP contribution < -0.4 is 5.84 Å². The van der Waals surface area contributed by atoms with E-state index in [0.29, 0.717) is 17.4 Å². The number of amides is 1. The molecule has 1 fully saturated rings. The van der Waals surface area contributed by atoms with Crippen LogP contribution in [0.4, 0.5) is 0 Å². The zero-order chi connectivity index (χ0) is 15.5. The first-order valence-corrected chi connectivity index (χ1v) is 7.92. The van der Waals surface area contributed by atoms with Crippen LogP contribution >= 0.6 is 0 Å². The molecule has 1 aliphatic rings. The standard InChI is InChI=1S/C13H16N4O3S/c14-9-11-5-4-8-16(11)13(18)10-17(15)21(19,20)12-6-2-1-3-7-12/h1-3,6-7,11H,4-5,8,10,15H2. The Kier molecular flexibility index (Phi) is 4.57. The van der Waals surface area contributed by atoms with Crippen molar-refractivity contribution in [3.63, 3.8) is 0 Å². The van der Waals surface area contributed by atoms with Gasteiger partial charge in [-0.2, -0.15) is 5.26 Å². The summed E-state index contributed by atoms with van der Waals surface area (Å²) in [4.78, 5) is 13.5. The maximum absolute atomic E-state index is 12.2. The van der Waals surface area contributed by atoms with Gasteiger partial charge in [0.2, 0.25) is 5.91 Å². The number of hydrogen-bond acceptors (Lipinski definition) is 5. The van der Waals surface area contributed by atoms with E-state index in [4.69, 9.17) is 11.1 Å². The summed E-state index contributed by atoms with van der Waals surface area (Å²) in [6.07, 6.45) is 1.35. The lowest BCUT2D eigenvalue weighted by atomic mass is 10.2. The van der Waals surface area contributed by atoms with Crippen LogP contribution in [0.1, 0.15) is 12.8 Å². The van der Waals surface area contributed by atoms with Crippen LogP contribution in [-0.4, -0.2) is 42.8 Å². The van der Waals surface area contributed by atoms with E-state index in [2.05, 4.69) is 0 Å². The van der Waals surface area contributed by atoms with Gasteiger partial charge in [-0.1, -0.05) is 18.2 Å². The molecule has 0 aromatic heterocycles. The van der Waals surface area contributed by atoms with Crippen LogP contribution in [0.2, 0.25) is 0 Å². The molecule has 7 nitrogen and oxygen atoms in total. The molecule has 1 aromatic carbocycles. The Morgan fingerprint density at radius 2 is 2.10 bits per heavy atom. The molecular weight excluding hydrogens is 292 g/mol. The molecule has 0 bridgehead atoms. The van der Waals surface area contributed by atoms with Gasteiger partial charge >= 0.3 is 0 Å². The van der Waals surface area contributed by atoms with Gasteiger partial charge in [-0.25, -0.2) is 8.42 Å². The van der Waals surface area contributed by atoms with Crippen LogP contribution in [0.5, 0.6) is 0 Å². The van der Waals surface area contributed by atoms with Crippen molar-refractivity contribution in [1.82, 2.24) is 9.31 Å². The van der Waals surface area contributed by atoms with Crippen LogP contribution in [0.25, 0.3) is 0 Å². The molecule has 8 heteroatoms. The van der Waals surface area contributed by atoms with Gasteiger partial charge in [0, 0.05) is 6.54 Å². The summed E-state index contributed by atoms with van der Waals surface area (Å²) in [6, 6.07) is 9.20. The number of hydrazine groups is 1. The van der Waals surface area contributed by atoms with Crippen molar-refractivity contribution in [2.45, 2.75) is 23.8 Å². The quantitative estimate of drug-likeness (QED) is 0.625. The Balaban J connectivity index is 2.09. The van der Waals surface area contributed by atoms with Gasteiger partial charge in [0.15, 0.2) is 0 Å². The van der Waals surface area contributed by atoms with E-state index < -0.39 is 28.5 Å². The molecule has 0 spiro atoms. The smallest absolute Gasteiger partial charge is 0.256 e. The third-order valence-corrected chi connectivity index (χ3v) is 4.98. The monoisotopic (exact) mass is 308 g/mol. The highest BCUT2D eigenvalue weighted by atomic mass is 32.2. The predicted octanol–water partition coefficient (Wildman–Crippen LogP) is 0.0656. The second-order valence-corrected chi connectivity index (χ2v) is 6.63. The highest BCUT2D eigenvalue weighted by molar-refractivity contribution is 7.89. The second-order valence-electron chi connectivity index (χ2n) is 4.74. The molecule has 1 heterocycles. The highest BCUT2D eigenvalue weighted by Crippen LogP contribution is 2.18. The lowest BCUT2D eigenvalue weighted by Crippen LogP contribution is -2.47. The number of likely N-dealkylation sites (tertiary alicyclic amines) is 1. The average Bonchev–Trinajstić information content (AvgIpc) is 2.96. The molecule has 0 saturated carbocycles. The lowest BCUT2D eigenvalue weighted by Gasteiger charge is -2.23. The summed E-state index contributed by atoms with van der Waals surface area (Å²) in [5.41, 5.74) is 0. The molecule has 1 unspecified atom stereocenters. The molecule has 1 saturated heterocycles. The molecular formula is C13H16N4O3S. The fourth-order valence-electron chi connectivity index (χ4n) is 2.24. The van der Waals surface area contributed by atoms with Crippen LogP contribution in [0, 0.1) is 11.3 Å². The van der Waals surface area contributed by atoms with Crippen LogP contribution in [-0.2, 0) is 14.8 Å². The molecule has 21 heavy (non-hydrogen) atoms. The minimum atomic E-state index is -3.91. The van der Waals surface area contributed by atoms with E-state index in [-0.39, 0.29) is 4.90 Å². The number of nitrogens with zero attached hydrogens (tertiary/aromatic N) is 3. The van der Waals surface area contributed by atoms with E-state index in [1.807, 2.05) is 6.07 Å². The summed E-state index contributed by atoms with van der Waals surface area (Å²) in [5, 5.41) is 8.95. The Labute approximate surface area is 123 Å². The molecule has 1 aromatic rings. The Morgan fingerprint density at radius 3 is 2.71 bits per heavy atom. The van der Waals surface area contributed by atoms with E-state index in [1.54, 1.807) is 18.2 Å². The summed E-state index contributed by atoms with van der Waals surface area (Å²) in [5.74, 6) is 5.10. The molecule has 1 aliphatic heterocycles. The predicted molar refractivity (Wildman–Crippen MR) is 74.9 cm³/mol. The first-order valence-electron chi connectivity index (χ1n) is 6.48. The average molecular weight is 308 g/mol. The normalized spacial score (nSPS) is 18.7. The van der Waals surface area contributed by atoms with Gasteiger partial charge in [-0.3, -0.25) is 10.6 Å². The Morgan fingerprint density at radius 1 is 1.43 bits per heavy atom. The number of hydrogen-bond donors (Lipinski definition) is 1. The fourth-order valence-corrected chi connectivity index (χ4v) is 3.29. The van der Waals surface area contributed by atoms with Gasteiger partial charge in [0.25, 0.3) is 10.0 Å².